The molecule has 0 saturated carbocycles. The number of nitrogens with two attached hydrogens (primary N) is 1. The van der Waals surface area contributed by atoms with E-state index in [1.54, 1.807) is 18.2 Å². The fourth-order valence-electron chi connectivity index (χ4n) is 2.02. The molecule has 0 fully saturated rings. The van der Waals surface area contributed by atoms with E-state index in [1.165, 1.54) is 24.5 Å². The summed E-state index contributed by atoms with van der Waals surface area (Å²) in [6, 6.07) is 9.11. The second-order valence-corrected chi connectivity index (χ2v) is 4.98. The van der Waals surface area contributed by atoms with Gasteiger partial charge in [-0.1, -0.05) is 11.6 Å². The summed E-state index contributed by atoms with van der Waals surface area (Å²) >= 11 is 5.76. The van der Waals surface area contributed by atoms with Gasteiger partial charge in [-0.15, -0.1) is 0 Å². The predicted molar refractivity (Wildman–Crippen MR) is 82.7 cm³/mol. The van der Waals surface area contributed by atoms with Crippen LogP contribution in [0, 0.1) is 5.82 Å². The zero-order valence-electron chi connectivity index (χ0n) is 11.2. The Bertz CT molecular complexity index is 885. The van der Waals surface area contributed by atoms with Gasteiger partial charge in [0.15, 0.2) is 0 Å². The summed E-state index contributed by atoms with van der Waals surface area (Å²) in [5, 5.41) is 3.65. The highest BCUT2D eigenvalue weighted by Gasteiger charge is 2.09. The van der Waals surface area contributed by atoms with E-state index in [0.29, 0.717) is 28.0 Å². The van der Waals surface area contributed by atoms with Gasteiger partial charge < -0.3 is 11.1 Å². The van der Waals surface area contributed by atoms with Crippen LogP contribution in [0.2, 0.25) is 5.02 Å². The average molecular weight is 317 g/mol. The van der Waals surface area contributed by atoms with Crippen molar-refractivity contribution in [3.05, 3.63) is 59.1 Å². The lowest BCUT2D eigenvalue weighted by molar-refractivity contribution is 0.100. The van der Waals surface area contributed by atoms with E-state index in [9.17, 15) is 9.18 Å². The number of carbonyl (C=O) groups excluding carboxylic acids is 1. The number of anilines is 2. The van der Waals surface area contributed by atoms with Crippen molar-refractivity contribution in [1.29, 1.82) is 0 Å². The third-order valence-electron chi connectivity index (χ3n) is 3.10. The van der Waals surface area contributed by atoms with Crippen LogP contribution in [0.4, 0.5) is 15.9 Å². The molecule has 0 unspecified atom stereocenters. The zero-order valence-corrected chi connectivity index (χ0v) is 11.9. The maximum atomic E-state index is 13.2. The van der Waals surface area contributed by atoms with Gasteiger partial charge in [0.1, 0.15) is 18.0 Å². The van der Waals surface area contributed by atoms with Gasteiger partial charge in [-0.2, -0.15) is 0 Å². The Morgan fingerprint density at radius 3 is 2.73 bits per heavy atom. The second-order valence-electron chi connectivity index (χ2n) is 4.57. The van der Waals surface area contributed by atoms with Crippen molar-refractivity contribution in [3.63, 3.8) is 0 Å². The smallest absolute Gasteiger partial charge is 0.248 e. The van der Waals surface area contributed by atoms with Gasteiger partial charge in [0.25, 0.3) is 0 Å². The molecule has 0 aliphatic carbocycles. The van der Waals surface area contributed by atoms with Crippen molar-refractivity contribution in [2.75, 3.05) is 5.32 Å². The molecule has 0 saturated heterocycles. The molecule has 0 aliphatic rings. The highest BCUT2D eigenvalue weighted by molar-refractivity contribution is 6.31. The van der Waals surface area contributed by atoms with Gasteiger partial charge in [0.2, 0.25) is 5.91 Å². The third kappa shape index (κ3) is 2.68. The lowest BCUT2D eigenvalue weighted by Gasteiger charge is -2.09. The van der Waals surface area contributed by atoms with Crippen LogP contribution >= 0.6 is 11.6 Å². The normalized spacial score (nSPS) is 10.6. The SMILES string of the molecule is NC(=O)c1ccc2ncnc(Nc3ccc(F)c(Cl)c3)c2c1. The Balaban J connectivity index is 2.07. The van der Waals surface area contributed by atoms with Crippen LogP contribution in [0.15, 0.2) is 42.7 Å². The number of fused-ring (bicyclic) bond motifs is 1. The second kappa shape index (κ2) is 5.57. The maximum absolute atomic E-state index is 13.2. The Hall–Kier alpha value is -2.73. The number of carbonyl (C=O) groups is 1. The Kier molecular flexibility index (Phi) is 3.60. The molecule has 5 nitrogen and oxygen atoms in total. The average Bonchev–Trinajstić information content (AvgIpc) is 2.51. The predicted octanol–water partition coefficient (Wildman–Crippen LogP) is 3.26. The van der Waals surface area contributed by atoms with Crippen LogP contribution < -0.4 is 11.1 Å². The topological polar surface area (TPSA) is 80.9 Å². The van der Waals surface area contributed by atoms with Crippen LogP contribution in [-0.2, 0) is 0 Å². The van der Waals surface area contributed by atoms with E-state index < -0.39 is 11.7 Å². The van der Waals surface area contributed by atoms with Crippen LogP contribution in [0.25, 0.3) is 10.9 Å². The number of halogens is 2. The highest BCUT2D eigenvalue weighted by Crippen LogP contribution is 2.26. The summed E-state index contributed by atoms with van der Waals surface area (Å²) in [5.41, 5.74) is 6.85. The molecular weight excluding hydrogens is 307 g/mol. The Labute approximate surface area is 129 Å². The lowest BCUT2D eigenvalue weighted by Crippen LogP contribution is -2.10. The molecule has 1 amide bonds. The summed E-state index contributed by atoms with van der Waals surface area (Å²) in [7, 11) is 0. The van der Waals surface area contributed by atoms with Crippen molar-refractivity contribution in [2.24, 2.45) is 5.73 Å². The van der Waals surface area contributed by atoms with Crippen LogP contribution in [-0.4, -0.2) is 15.9 Å². The molecule has 3 rings (SSSR count). The summed E-state index contributed by atoms with van der Waals surface area (Å²) in [5.74, 6) is -0.576. The number of hydrogen-bond acceptors (Lipinski definition) is 4. The molecule has 22 heavy (non-hydrogen) atoms. The summed E-state index contributed by atoms with van der Waals surface area (Å²) < 4.78 is 13.2. The lowest BCUT2D eigenvalue weighted by atomic mass is 10.1. The molecule has 110 valence electrons. The molecular formula is C15H10ClFN4O. The van der Waals surface area contributed by atoms with Gasteiger partial charge in [0.05, 0.1) is 10.5 Å². The van der Waals surface area contributed by atoms with E-state index in [2.05, 4.69) is 15.3 Å². The molecule has 1 aromatic heterocycles. The molecule has 0 radical (unpaired) electrons. The fraction of sp³-hybridized carbons (Fsp3) is 0. The number of primary amides is 1. The number of benzene rings is 2. The molecule has 3 aromatic rings. The fourth-order valence-corrected chi connectivity index (χ4v) is 2.20. The minimum atomic E-state index is -0.540. The van der Waals surface area contributed by atoms with Crippen molar-refractivity contribution in [3.8, 4) is 0 Å². The number of aromatic nitrogens is 2. The van der Waals surface area contributed by atoms with Crippen molar-refractivity contribution >= 4 is 39.9 Å². The zero-order chi connectivity index (χ0) is 15.7. The first-order valence-electron chi connectivity index (χ1n) is 6.31. The number of amides is 1. The molecule has 0 aliphatic heterocycles. The maximum Gasteiger partial charge on any atom is 0.248 e. The molecule has 0 spiro atoms. The van der Waals surface area contributed by atoms with Gasteiger partial charge in [0, 0.05) is 16.6 Å². The molecule has 0 bridgehead atoms. The van der Waals surface area contributed by atoms with Gasteiger partial charge in [-0.3, -0.25) is 4.79 Å². The van der Waals surface area contributed by atoms with E-state index in [0.717, 1.165) is 0 Å². The van der Waals surface area contributed by atoms with Crippen LogP contribution in [0.5, 0.6) is 0 Å². The quantitative estimate of drug-likeness (QED) is 0.777. The van der Waals surface area contributed by atoms with Gasteiger partial charge in [-0.25, -0.2) is 14.4 Å². The van der Waals surface area contributed by atoms with Crippen LogP contribution in [0.3, 0.4) is 0 Å². The van der Waals surface area contributed by atoms with Crippen LogP contribution in [0.1, 0.15) is 10.4 Å². The molecule has 7 heteroatoms. The summed E-state index contributed by atoms with van der Waals surface area (Å²) in [6.07, 6.45) is 1.39. The monoisotopic (exact) mass is 316 g/mol. The number of rotatable bonds is 3. The Morgan fingerprint density at radius 1 is 1.18 bits per heavy atom. The molecule has 3 N–H and O–H groups in total. The van der Waals surface area contributed by atoms with Gasteiger partial charge in [-0.05, 0) is 36.4 Å². The van der Waals surface area contributed by atoms with Crippen molar-refractivity contribution in [2.45, 2.75) is 0 Å². The number of nitrogens with one attached hydrogen (secondary N) is 1. The molecule has 1 heterocycles. The highest BCUT2D eigenvalue weighted by atomic mass is 35.5. The van der Waals surface area contributed by atoms with E-state index in [-0.39, 0.29) is 5.02 Å². The summed E-state index contributed by atoms with van der Waals surface area (Å²) in [6.45, 7) is 0. The standard InChI is InChI=1S/C15H10ClFN4O/c16-11-6-9(2-3-12(11)17)21-15-10-5-8(14(18)22)1-4-13(10)19-7-20-15/h1-7H,(H2,18,22)(H,19,20,21). The Morgan fingerprint density at radius 2 is 2.00 bits per heavy atom. The van der Waals surface area contributed by atoms with E-state index in [4.69, 9.17) is 17.3 Å². The number of nitrogens with zero attached hydrogens (tertiary/aromatic N) is 2. The number of hydrogen-bond donors (Lipinski definition) is 2. The van der Waals surface area contributed by atoms with E-state index in [1.807, 2.05) is 0 Å². The first-order chi connectivity index (χ1) is 10.5. The molecule has 0 atom stereocenters. The minimum Gasteiger partial charge on any atom is -0.366 e. The minimum absolute atomic E-state index is 0.00110. The summed E-state index contributed by atoms with van der Waals surface area (Å²) in [4.78, 5) is 19.6. The van der Waals surface area contributed by atoms with Gasteiger partial charge >= 0.3 is 0 Å². The first-order valence-corrected chi connectivity index (χ1v) is 6.69. The largest absolute Gasteiger partial charge is 0.366 e. The van der Waals surface area contributed by atoms with Crippen molar-refractivity contribution in [1.82, 2.24) is 9.97 Å². The van der Waals surface area contributed by atoms with E-state index >= 15 is 0 Å². The van der Waals surface area contributed by atoms with Crippen molar-refractivity contribution < 1.29 is 9.18 Å². The molecule has 2 aromatic carbocycles. The third-order valence-corrected chi connectivity index (χ3v) is 3.39. The first kappa shape index (κ1) is 14.2.